The monoisotopic (exact) mass is 528 g/mol. The summed E-state index contributed by atoms with van der Waals surface area (Å²) in [6.45, 7) is 2.04. The van der Waals surface area contributed by atoms with Crippen molar-refractivity contribution in [2.75, 3.05) is 26.2 Å². The van der Waals surface area contributed by atoms with Crippen LogP contribution in [-0.2, 0) is 20.4 Å². The van der Waals surface area contributed by atoms with E-state index in [1.165, 1.54) is 11.1 Å². The van der Waals surface area contributed by atoms with Gasteiger partial charge in [0, 0.05) is 25.0 Å². The topological polar surface area (TPSA) is 40.6 Å². The molecular weight excluding hydrogens is 492 g/mol. The molecule has 4 heteroatoms. The Morgan fingerprint density at radius 2 is 1.05 bits per heavy atom. The van der Waals surface area contributed by atoms with Crippen molar-refractivity contribution in [1.29, 1.82) is 0 Å². The molecule has 40 heavy (non-hydrogen) atoms. The fourth-order valence-electron chi connectivity index (χ4n) is 7.00. The lowest BCUT2D eigenvalue weighted by Gasteiger charge is -2.46. The highest BCUT2D eigenvalue weighted by atomic mass is 16.2. The summed E-state index contributed by atoms with van der Waals surface area (Å²) in [6, 6.07) is 41.3. The van der Waals surface area contributed by atoms with Crippen molar-refractivity contribution in [3.8, 4) is 0 Å². The van der Waals surface area contributed by atoms with E-state index in [4.69, 9.17) is 0 Å². The Kier molecular flexibility index (Phi) is 7.25. The lowest BCUT2D eigenvalue weighted by molar-refractivity contribution is -0.146. The molecule has 0 spiro atoms. The number of hydrogen-bond acceptors (Lipinski definition) is 2. The molecule has 2 aliphatic rings. The Balaban J connectivity index is 1.29. The molecule has 4 nitrogen and oxygen atoms in total. The van der Waals surface area contributed by atoms with Crippen LogP contribution in [0.5, 0.6) is 0 Å². The lowest BCUT2D eigenvalue weighted by Crippen LogP contribution is -2.56. The maximum absolute atomic E-state index is 14.4. The Morgan fingerprint density at radius 1 is 0.600 bits per heavy atom. The van der Waals surface area contributed by atoms with Crippen LogP contribution in [0.3, 0.4) is 0 Å². The number of piperidine rings is 2. The van der Waals surface area contributed by atoms with E-state index in [0.717, 1.165) is 36.8 Å². The lowest BCUT2D eigenvalue weighted by atomic mass is 9.68. The first-order chi connectivity index (χ1) is 19.6. The molecule has 2 amide bonds. The zero-order valence-corrected chi connectivity index (χ0v) is 22.9. The highest BCUT2D eigenvalue weighted by molar-refractivity contribution is 5.95. The largest absolute Gasteiger partial charge is 0.340 e. The summed E-state index contributed by atoms with van der Waals surface area (Å²) in [5, 5.41) is 0. The smallest absolute Gasteiger partial charge is 0.242 e. The number of carbonyl (C=O) groups is 2. The molecule has 2 heterocycles. The van der Waals surface area contributed by atoms with Crippen LogP contribution in [0.1, 0.15) is 47.9 Å². The molecule has 2 saturated heterocycles. The molecule has 0 aliphatic carbocycles. The Bertz CT molecular complexity index is 1360. The summed E-state index contributed by atoms with van der Waals surface area (Å²) in [5.41, 5.74) is 3.42. The number of hydrogen-bond donors (Lipinski definition) is 0. The summed E-state index contributed by atoms with van der Waals surface area (Å²) in [4.78, 5) is 32.2. The van der Waals surface area contributed by atoms with Gasteiger partial charge in [0.15, 0.2) is 0 Å². The summed E-state index contributed by atoms with van der Waals surface area (Å²) in [7, 11) is 0. The second-order valence-corrected chi connectivity index (χ2v) is 11.2. The van der Waals surface area contributed by atoms with E-state index in [1.54, 1.807) is 0 Å². The van der Waals surface area contributed by atoms with Crippen molar-refractivity contribution in [2.24, 2.45) is 0 Å². The van der Waals surface area contributed by atoms with E-state index >= 15 is 0 Å². The van der Waals surface area contributed by atoms with Crippen molar-refractivity contribution < 1.29 is 9.59 Å². The molecular formula is C36H36N2O2. The van der Waals surface area contributed by atoms with Crippen LogP contribution in [0.2, 0.25) is 0 Å². The summed E-state index contributed by atoms with van der Waals surface area (Å²) < 4.78 is 0. The fourth-order valence-corrected chi connectivity index (χ4v) is 7.00. The summed E-state index contributed by atoms with van der Waals surface area (Å²) in [6.07, 6.45) is 3.49. The van der Waals surface area contributed by atoms with Crippen LogP contribution in [0.4, 0.5) is 0 Å². The van der Waals surface area contributed by atoms with Gasteiger partial charge in [0.25, 0.3) is 0 Å². The second kappa shape index (κ2) is 11.1. The van der Waals surface area contributed by atoms with Crippen molar-refractivity contribution in [1.82, 2.24) is 9.80 Å². The first-order valence-corrected chi connectivity index (χ1v) is 14.4. The number of likely N-dealkylation sites (tertiary alicyclic amines) is 2. The van der Waals surface area contributed by atoms with Gasteiger partial charge in [-0.15, -0.1) is 0 Å². The zero-order chi connectivity index (χ0) is 27.4. The highest BCUT2D eigenvalue weighted by Crippen LogP contribution is 2.42. The normalized spacial score (nSPS) is 18.4. The highest BCUT2D eigenvalue weighted by Gasteiger charge is 2.47. The van der Waals surface area contributed by atoms with E-state index < -0.39 is 5.41 Å². The first-order valence-electron chi connectivity index (χ1n) is 14.4. The third-order valence-electron chi connectivity index (χ3n) is 8.99. The minimum atomic E-state index is -0.777. The van der Waals surface area contributed by atoms with Crippen molar-refractivity contribution in [3.63, 3.8) is 0 Å². The Labute approximate surface area is 237 Å². The minimum Gasteiger partial charge on any atom is -0.340 e. The summed E-state index contributed by atoms with van der Waals surface area (Å²) >= 11 is 0. The van der Waals surface area contributed by atoms with Gasteiger partial charge in [-0.2, -0.15) is 0 Å². The van der Waals surface area contributed by atoms with E-state index in [0.29, 0.717) is 19.6 Å². The van der Waals surface area contributed by atoms with Gasteiger partial charge in [-0.25, -0.2) is 0 Å². The number of amides is 2. The van der Waals surface area contributed by atoms with Gasteiger partial charge in [-0.1, -0.05) is 121 Å². The van der Waals surface area contributed by atoms with E-state index in [9.17, 15) is 9.59 Å². The van der Waals surface area contributed by atoms with Crippen LogP contribution in [-0.4, -0.2) is 47.8 Å². The summed E-state index contributed by atoms with van der Waals surface area (Å²) in [5.74, 6) is 0.0557. The zero-order valence-electron chi connectivity index (χ0n) is 22.9. The molecule has 0 bridgehead atoms. The molecule has 0 aromatic heterocycles. The molecule has 2 aliphatic heterocycles. The molecule has 0 N–H and O–H groups in total. The van der Waals surface area contributed by atoms with E-state index in [-0.39, 0.29) is 23.8 Å². The minimum absolute atomic E-state index is 0.0268. The van der Waals surface area contributed by atoms with Crippen LogP contribution in [0.25, 0.3) is 0 Å². The Hall–Kier alpha value is -4.18. The van der Waals surface area contributed by atoms with Gasteiger partial charge in [-0.3, -0.25) is 9.59 Å². The van der Waals surface area contributed by atoms with Gasteiger partial charge in [0.1, 0.15) is 0 Å². The number of carbonyl (C=O) groups excluding carboxylic acids is 2. The van der Waals surface area contributed by atoms with Gasteiger partial charge in [0.05, 0.1) is 12.0 Å². The SMILES string of the molecule is O=C(CN1CCCC(c2ccccc2)(c2ccccc2)C1=O)N1CCCC(c2ccccc2)(c2ccccc2)C1. The van der Waals surface area contributed by atoms with Gasteiger partial charge >= 0.3 is 0 Å². The molecule has 0 saturated carbocycles. The first kappa shape index (κ1) is 26.1. The molecule has 202 valence electrons. The van der Waals surface area contributed by atoms with Crippen LogP contribution in [0.15, 0.2) is 121 Å². The third kappa shape index (κ3) is 4.62. The molecule has 0 radical (unpaired) electrons. The average molecular weight is 529 g/mol. The van der Waals surface area contributed by atoms with Crippen molar-refractivity contribution in [3.05, 3.63) is 144 Å². The molecule has 4 aromatic rings. The fraction of sp³-hybridized carbons (Fsp3) is 0.278. The third-order valence-corrected chi connectivity index (χ3v) is 8.99. The van der Waals surface area contributed by atoms with Crippen molar-refractivity contribution >= 4 is 11.8 Å². The van der Waals surface area contributed by atoms with Crippen LogP contribution >= 0.6 is 0 Å². The van der Waals surface area contributed by atoms with Gasteiger partial charge in [0.2, 0.25) is 11.8 Å². The average Bonchev–Trinajstić information content (AvgIpc) is 3.04. The van der Waals surface area contributed by atoms with Gasteiger partial charge in [-0.05, 0) is 47.9 Å². The van der Waals surface area contributed by atoms with E-state index in [2.05, 4.69) is 72.8 Å². The number of benzene rings is 4. The van der Waals surface area contributed by atoms with Crippen LogP contribution < -0.4 is 0 Å². The quantitative estimate of drug-likeness (QED) is 0.299. The molecule has 0 atom stereocenters. The van der Waals surface area contributed by atoms with Crippen molar-refractivity contribution in [2.45, 2.75) is 36.5 Å². The molecule has 6 rings (SSSR count). The molecule has 4 aromatic carbocycles. The number of rotatable bonds is 6. The standard InChI is InChI=1S/C36H36N2O2/c39-33(38-26-13-23-35(28-38,29-15-5-1-6-16-29)30-17-7-2-8-18-30)27-37-25-14-24-36(34(37)40,31-19-9-3-10-20-31)32-21-11-4-12-22-32/h1-12,15-22H,13-14,23-28H2. The maximum Gasteiger partial charge on any atom is 0.242 e. The van der Waals surface area contributed by atoms with E-state index in [1.807, 2.05) is 58.3 Å². The van der Waals surface area contributed by atoms with Gasteiger partial charge < -0.3 is 9.80 Å². The molecule has 0 unspecified atom stereocenters. The van der Waals surface area contributed by atoms with Crippen LogP contribution in [0, 0.1) is 0 Å². The Morgan fingerprint density at radius 3 is 1.55 bits per heavy atom. The molecule has 2 fully saturated rings. The predicted octanol–water partition coefficient (Wildman–Crippen LogP) is 6.20. The second-order valence-electron chi connectivity index (χ2n) is 11.2. The predicted molar refractivity (Wildman–Crippen MR) is 159 cm³/mol. The number of nitrogens with zero attached hydrogens (tertiary/aromatic N) is 2. The maximum atomic E-state index is 14.4.